The number of phenols is 1. The molecule has 84 valence electrons. The van der Waals surface area contributed by atoms with Gasteiger partial charge in [0.15, 0.2) is 0 Å². The Balaban J connectivity index is 2.61. The van der Waals surface area contributed by atoms with Crippen LogP contribution in [0.3, 0.4) is 0 Å². The van der Waals surface area contributed by atoms with Crippen LogP contribution in [0.25, 0.3) is 0 Å². The summed E-state index contributed by atoms with van der Waals surface area (Å²) in [5, 5.41) is 12.4. The third-order valence-corrected chi connectivity index (χ3v) is 2.58. The van der Waals surface area contributed by atoms with Crippen molar-refractivity contribution in [3.05, 3.63) is 29.8 Å². The van der Waals surface area contributed by atoms with Gasteiger partial charge in [-0.2, -0.15) is 0 Å². The van der Waals surface area contributed by atoms with Gasteiger partial charge in [0.2, 0.25) is 0 Å². The van der Waals surface area contributed by atoms with Crippen LogP contribution in [-0.2, 0) is 6.42 Å². The van der Waals surface area contributed by atoms with Gasteiger partial charge in [-0.3, -0.25) is 0 Å². The first-order valence-corrected chi connectivity index (χ1v) is 5.22. The van der Waals surface area contributed by atoms with Gasteiger partial charge in [0.05, 0.1) is 0 Å². The smallest absolute Gasteiger partial charge is 0.115 e. The molecule has 2 N–H and O–H groups in total. The fourth-order valence-corrected chi connectivity index (χ4v) is 1.58. The minimum Gasteiger partial charge on any atom is -0.508 e. The Hall–Kier alpha value is -1.06. The van der Waals surface area contributed by atoms with Crippen molar-refractivity contribution < 1.29 is 5.11 Å². The average molecular weight is 208 g/mol. The van der Waals surface area contributed by atoms with E-state index in [-0.39, 0.29) is 0 Å². The van der Waals surface area contributed by atoms with E-state index in [9.17, 15) is 5.11 Å². The number of likely N-dealkylation sites (N-methyl/N-ethyl adjacent to an activating group) is 2. The summed E-state index contributed by atoms with van der Waals surface area (Å²) in [5.74, 6) is 0.328. The molecule has 1 aromatic rings. The number of hydrogen-bond acceptors (Lipinski definition) is 3. The molecule has 0 saturated carbocycles. The molecule has 0 saturated heterocycles. The van der Waals surface area contributed by atoms with Gasteiger partial charge in [-0.1, -0.05) is 12.1 Å². The number of benzene rings is 1. The van der Waals surface area contributed by atoms with E-state index in [0.717, 1.165) is 13.0 Å². The second-order valence-electron chi connectivity index (χ2n) is 4.05. The first kappa shape index (κ1) is 12.0. The van der Waals surface area contributed by atoms with Gasteiger partial charge in [0.1, 0.15) is 5.75 Å². The van der Waals surface area contributed by atoms with E-state index in [4.69, 9.17) is 0 Å². The highest BCUT2D eigenvalue weighted by atomic mass is 16.3. The molecule has 3 heteroatoms. The summed E-state index contributed by atoms with van der Waals surface area (Å²) in [7, 11) is 6.14. The first-order valence-electron chi connectivity index (χ1n) is 5.22. The van der Waals surface area contributed by atoms with Crippen LogP contribution in [-0.4, -0.2) is 43.7 Å². The minimum absolute atomic E-state index is 0.328. The van der Waals surface area contributed by atoms with Crippen LogP contribution in [0.15, 0.2) is 24.3 Å². The molecule has 0 aliphatic carbocycles. The Morgan fingerprint density at radius 1 is 1.27 bits per heavy atom. The third-order valence-electron chi connectivity index (χ3n) is 2.58. The molecule has 15 heavy (non-hydrogen) atoms. The van der Waals surface area contributed by atoms with E-state index in [1.807, 2.05) is 19.2 Å². The molecule has 3 nitrogen and oxygen atoms in total. The summed E-state index contributed by atoms with van der Waals surface area (Å²) >= 11 is 0. The Labute approximate surface area is 91.7 Å². The monoisotopic (exact) mass is 208 g/mol. The van der Waals surface area contributed by atoms with E-state index >= 15 is 0 Å². The van der Waals surface area contributed by atoms with Gasteiger partial charge < -0.3 is 15.3 Å². The molecule has 0 aromatic heterocycles. The zero-order valence-corrected chi connectivity index (χ0v) is 9.70. The molecular weight excluding hydrogens is 188 g/mol. The molecule has 1 aromatic carbocycles. The Morgan fingerprint density at radius 3 is 2.33 bits per heavy atom. The van der Waals surface area contributed by atoms with Crippen LogP contribution in [0.2, 0.25) is 0 Å². The van der Waals surface area contributed by atoms with Crippen molar-refractivity contribution in [3.63, 3.8) is 0 Å². The Kier molecular flexibility index (Phi) is 4.59. The summed E-state index contributed by atoms with van der Waals surface area (Å²) in [4.78, 5) is 2.21. The summed E-state index contributed by atoms with van der Waals surface area (Å²) in [6, 6.07) is 7.91. The maximum absolute atomic E-state index is 9.18. The summed E-state index contributed by atoms with van der Waals surface area (Å²) in [5.41, 5.74) is 1.25. The van der Waals surface area contributed by atoms with Crippen LogP contribution in [0, 0.1) is 0 Å². The highest BCUT2D eigenvalue weighted by Crippen LogP contribution is 2.12. The second-order valence-corrected chi connectivity index (χ2v) is 4.05. The Bertz CT molecular complexity index is 282. The SMILES string of the molecule is CNCC(Cc1ccc(O)cc1)N(C)C. The third kappa shape index (κ3) is 3.90. The maximum Gasteiger partial charge on any atom is 0.115 e. The molecule has 0 heterocycles. The lowest BCUT2D eigenvalue weighted by Gasteiger charge is -2.24. The van der Waals surface area contributed by atoms with E-state index in [1.54, 1.807) is 12.1 Å². The highest BCUT2D eigenvalue weighted by Gasteiger charge is 2.10. The lowest BCUT2D eigenvalue weighted by atomic mass is 10.1. The van der Waals surface area contributed by atoms with E-state index in [1.165, 1.54) is 5.56 Å². The minimum atomic E-state index is 0.328. The molecule has 0 fully saturated rings. The van der Waals surface area contributed by atoms with Crippen LogP contribution in [0.4, 0.5) is 0 Å². The van der Waals surface area contributed by atoms with E-state index in [2.05, 4.69) is 24.3 Å². The lowest BCUT2D eigenvalue weighted by molar-refractivity contribution is 0.286. The predicted octanol–water partition coefficient (Wildman–Crippen LogP) is 1.08. The lowest BCUT2D eigenvalue weighted by Crippen LogP contribution is -2.38. The molecule has 0 aliphatic heterocycles. The van der Waals surface area contributed by atoms with Crippen molar-refractivity contribution in [1.29, 1.82) is 0 Å². The van der Waals surface area contributed by atoms with Crippen molar-refractivity contribution in [2.45, 2.75) is 12.5 Å². The van der Waals surface area contributed by atoms with Gasteiger partial charge in [-0.05, 0) is 45.3 Å². The van der Waals surface area contributed by atoms with E-state index in [0.29, 0.717) is 11.8 Å². The van der Waals surface area contributed by atoms with Gasteiger partial charge in [-0.25, -0.2) is 0 Å². The van der Waals surface area contributed by atoms with Crippen molar-refractivity contribution in [2.75, 3.05) is 27.7 Å². The fraction of sp³-hybridized carbons (Fsp3) is 0.500. The summed E-state index contributed by atoms with van der Waals surface area (Å²) in [6.07, 6.45) is 0.994. The maximum atomic E-state index is 9.18. The molecule has 0 amide bonds. The highest BCUT2D eigenvalue weighted by molar-refractivity contribution is 5.26. The number of nitrogens with zero attached hydrogens (tertiary/aromatic N) is 1. The standard InChI is InChI=1S/C12H20N2O/c1-13-9-11(14(2)3)8-10-4-6-12(15)7-5-10/h4-7,11,13,15H,8-9H2,1-3H3. The van der Waals surface area contributed by atoms with Gasteiger partial charge >= 0.3 is 0 Å². The molecule has 1 unspecified atom stereocenters. The fourth-order valence-electron chi connectivity index (χ4n) is 1.58. The van der Waals surface area contributed by atoms with Crippen molar-refractivity contribution >= 4 is 0 Å². The molecule has 0 bridgehead atoms. The van der Waals surface area contributed by atoms with Crippen molar-refractivity contribution in [1.82, 2.24) is 10.2 Å². The zero-order valence-electron chi connectivity index (χ0n) is 9.70. The largest absolute Gasteiger partial charge is 0.508 e. The topological polar surface area (TPSA) is 35.5 Å². The summed E-state index contributed by atoms with van der Waals surface area (Å²) < 4.78 is 0. The number of hydrogen-bond donors (Lipinski definition) is 2. The summed E-state index contributed by atoms with van der Waals surface area (Å²) in [6.45, 7) is 0.966. The molecule has 0 radical (unpaired) electrons. The zero-order chi connectivity index (χ0) is 11.3. The van der Waals surface area contributed by atoms with Crippen molar-refractivity contribution in [2.24, 2.45) is 0 Å². The molecule has 1 rings (SSSR count). The van der Waals surface area contributed by atoms with E-state index < -0.39 is 0 Å². The number of rotatable bonds is 5. The Morgan fingerprint density at radius 2 is 1.87 bits per heavy atom. The number of phenolic OH excluding ortho intramolecular Hbond substituents is 1. The average Bonchev–Trinajstić information content (AvgIpc) is 2.20. The van der Waals surface area contributed by atoms with Crippen molar-refractivity contribution in [3.8, 4) is 5.75 Å². The normalized spacial score (nSPS) is 13.1. The van der Waals surface area contributed by atoms with Gasteiger partial charge in [0.25, 0.3) is 0 Å². The van der Waals surface area contributed by atoms with Gasteiger partial charge in [0, 0.05) is 12.6 Å². The van der Waals surface area contributed by atoms with Crippen LogP contribution in [0.5, 0.6) is 5.75 Å². The molecular formula is C12H20N2O. The van der Waals surface area contributed by atoms with Gasteiger partial charge in [-0.15, -0.1) is 0 Å². The first-order chi connectivity index (χ1) is 7.13. The number of aromatic hydroxyl groups is 1. The number of nitrogens with one attached hydrogen (secondary N) is 1. The van der Waals surface area contributed by atoms with Crippen LogP contribution in [0.1, 0.15) is 5.56 Å². The molecule has 0 spiro atoms. The second kappa shape index (κ2) is 5.73. The molecule has 1 atom stereocenters. The van der Waals surface area contributed by atoms with Crippen LogP contribution < -0.4 is 5.32 Å². The molecule has 0 aliphatic rings. The quantitative estimate of drug-likeness (QED) is 0.760. The van der Waals surface area contributed by atoms with Crippen LogP contribution >= 0.6 is 0 Å². The predicted molar refractivity (Wildman–Crippen MR) is 63.2 cm³/mol.